The van der Waals surface area contributed by atoms with Gasteiger partial charge in [0.1, 0.15) is 24.0 Å². The SMILES string of the molecule is CNc1nc(C(C)(C)C)nc(NCC(F)(F)F)c1C. The molecule has 0 saturated carbocycles. The number of rotatable bonds is 3. The van der Waals surface area contributed by atoms with Crippen LogP contribution in [0.15, 0.2) is 0 Å². The number of nitrogens with one attached hydrogen (secondary N) is 2. The predicted octanol–water partition coefficient (Wildman–Crippen LogP) is 3.10. The van der Waals surface area contributed by atoms with Crippen LogP contribution in [0.4, 0.5) is 24.8 Å². The maximum atomic E-state index is 12.3. The van der Waals surface area contributed by atoms with Crippen molar-refractivity contribution in [1.82, 2.24) is 9.97 Å². The molecule has 0 aliphatic rings. The second-order valence-corrected chi connectivity index (χ2v) is 5.34. The van der Waals surface area contributed by atoms with Gasteiger partial charge in [0.2, 0.25) is 0 Å². The molecule has 7 heteroatoms. The van der Waals surface area contributed by atoms with E-state index >= 15 is 0 Å². The third-order valence-corrected chi connectivity index (χ3v) is 2.51. The lowest BCUT2D eigenvalue weighted by Crippen LogP contribution is -2.24. The standard InChI is InChI=1S/C12H19F3N4/c1-7-8(16-5)18-10(11(2,3)4)19-9(7)17-6-12(13,14)15/h6H2,1-5H3,(H2,16,17,18,19). The molecule has 0 saturated heterocycles. The second kappa shape index (κ2) is 5.22. The summed E-state index contributed by atoms with van der Waals surface area (Å²) < 4.78 is 36.8. The Balaban J connectivity index is 3.15. The molecule has 0 aliphatic carbocycles. The lowest BCUT2D eigenvalue weighted by Gasteiger charge is -2.21. The summed E-state index contributed by atoms with van der Waals surface area (Å²) in [6, 6.07) is 0. The van der Waals surface area contributed by atoms with Crippen molar-refractivity contribution in [2.45, 2.75) is 39.3 Å². The molecule has 0 aromatic carbocycles. The van der Waals surface area contributed by atoms with E-state index in [2.05, 4.69) is 20.6 Å². The quantitative estimate of drug-likeness (QED) is 0.890. The van der Waals surface area contributed by atoms with Crippen LogP contribution >= 0.6 is 0 Å². The number of hydrogen-bond acceptors (Lipinski definition) is 4. The smallest absolute Gasteiger partial charge is 0.373 e. The summed E-state index contributed by atoms with van der Waals surface area (Å²) in [7, 11) is 1.68. The molecule has 0 unspecified atom stereocenters. The van der Waals surface area contributed by atoms with Crippen molar-refractivity contribution < 1.29 is 13.2 Å². The molecule has 0 atom stereocenters. The molecule has 0 amide bonds. The lowest BCUT2D eigenvalue weighted by atomic mass is 9.95. The normalized spacial score (nSPS) is 12.4. The van der Waals surface area contributed by atoms with Gasteiger partial charge in [-0.25, -0.2) is 9.97 Å². The average Bonchev–Trinajstić information content (AvgIpc) is 2.25. The molecule has 0 bridgehead atoms. The largest absolute Gasteiger partial charge is 0.405 e. The van der Waals surface area contributed by atoms with Crippen molar-refractivity contribution in [2.24, 2.45) is 0 Å². The number of nitrogens with zero attached hydrogens (tertiary/aromatic N) is 2. The van der Waals surface area contributed by atoms with E-state index in [1.165, 1.54) is 0 Å². The summed E-state index contributed by atoms with van der Waals surface area (Å²) in [6.45, 7) is 6.29. The molecule has 0 radical (unpaired) electrons. The highest BCUT2D eigenvalue weighted by Crippen LogP contribution is 2.26. The number of aromatic nitrogens is 2. The minimum Gasteiger partial charge on any atom is -0.373 e. The van der Waals surface area contributed by atoms with Gasteiger partial charge in [0.25, 0.3) is 0 Å². The molecule has 0 spiro atoms. The van der Waals surface area contributed by atoms with Crippen LogP contribution < -0.4 is 10.6 Å². The molecule has 0 fully saturated rings. The molecule has 1 aromatic heterocycles. The molecule has 1 rings (SSSR count). The highest BCUT2D eigenvalue weighted by Gasteiger charge is 2.28. The Morgan fingerprint density at radius 1 is 1.05 bits per heavy atom. The first kappa shape index (κ1) is 15.5. The Bertz CT molecular complexity index is 450. The molecule has 0 aliphatic heterocycles. The summed E-state index contributed by atoms with van der Waals surface area (Å²) in [5.41, 5.74) is 0.230. The molecule has 4 nitrogen and oxygen atoms in total. The minimum absolute atomic E-state index is 0.210. The Labute approximate surface area is 110 Å². The first-order chi connectivity index (χ1) is 8.54. The Kier molecular flexibility index (Phi) is 4.27. The fourth-order valence-corrected chi connectivity index (χ4v) is 1.45. The average molecular weight is 276 g/mol. The molecule has 1 aromatic rings. The van der Waals surface area contributed by atoms with Gasteiger partial charge in [-0.2, -0.15) is 13.2 Å². The number of halogens is 3. The van der Waals surface area contributed by atoms with Crippen molar-refractivity contribution in [1.29, 1.82) is 0 Å². The zero-order chi connectivity index (χ0) is 14.8. The van der Waals surface area contributed by atoms with Gasteiger partial charge < -0.3 is 10.6 Å². The van der Waals surface area contributed by atoms with Crippen molar-refractivity contribution >= 4 is 11.6 Å². The van der Waals surface area contributed by atoms with Gasteiger partial charge in [0, 0.05) is 18.0 Å². The van der Waals surface area contributed by atoms with Gasteiger partial charge in [-0.15, -0.1) is 0 Å². The van der Waals surface area contributed by atoms with Crippen LogP contribution in [0.1, 0.15) is 32.2 Å². The van der Waals surface area contributed by atoms with E-state index in [1.807, 2.05) is 20.8 Å². The summed E-state index contributed by atoms with van der Waals surface area (Å²) in [4.78, 5) is 8.52. The van der Waals surface area contributed by atoms with Crippen LogP contribution in [0.3, 0.4) is 0 Å². The van der Waals surface area contributed by atoms with Gasteiger partial charge in [-0.05, 0) is 6.92 Å². The highest BCUT2D eigenvalue weighted by molar-refractivity contribution is 5.57. The third kappa shape index (κ3) is 4.25. The fraction of sp³-hybridized carbons (Fsp3) is 0.667. The Morgan fingerprint density at radius 2 is 1.58 bits per heavy atom. The summed E-state index contributed by atoms with van der Waals surface area (Å²) in [5.74, 6) is 1.23. The Morgan fingerprint density at radius 3 is 2.00 bits per heavy atom. The zero-order valence-corrected chi connectivity index (χ0v) is 11.7. The van der Waals surface area contributed by atoms with Gasteiger partial charge >= 0.3 is 6.18 Å². The van der Waals surface area contributed by atoms with E-state index in [9.17, 15) is 13.2 Å². The van der Waals surface area contributed by atoms with Crippen LogP contribution in [0, 0.1) is 6.92 Å². The van der Waals surface area contributed by atoms with Crippen molar-refractivity contribution in [3.63, 3.8) is 0 Å². The van der Waals surface area contributed by atoms with Gasteiger partial charge in [-0.1, -0.05) is 20.8 Å². The van der Waals surface area contributed by atoms with E-state index in [-0.39, 0.29) is 11.2 Å². The van der Waals surface area contributed by atoms with Gasteiger partial charge in [0.15, 0.2) is 0 Å². The highest BCUT2D eigenvalue weighted by atomic mass is 19.4. The maximum absolute atomic E-state index is 12.3. The first-order valence-corrected chi connectivity index (χ1v) is 5.92. The fourth-order valence-electron chi connectivity index (χ4n) is 1.45. The monoisotopic (exact) mass is 276 g/mol. The molecule has 19 heavy (non-hydrogen) atoms. The van der Waals surface area contributed by atoms with E-state index in [0.717, 1.165) is 0 Å². The van der Waals surface area contributed by atoms with Crippen LogP contribution in [0.2, 0.25) is 0 Å². The van der Waals surface area contributed by atoms with E-state index in [1.54, 1.807) is 14.0 Å². The van der Waals surface area contributed by atoms with Gasteiger partial charge in [-0.3, -0.25) is 0 Å². The van der Waals surface area contributed by atoms with Crippen molar-refractivity contribution in [3.8, 4) is 0 Å². The van der Waals surface area contributed by atoms with Crippen LogP contribution in [0.5, 0.6) is 0 Å². The molecule has 1 heterocycles. The van der Waals surface area contributed by atoms with Crippen LogP contribution in [0.25, 0.3) is 0 Å². The number of hydrogen-bond donors (Lipinski definition) is 2. The predicted molar refractivity (Wildman–Crippen MR) is 69.6 cm³/mol. The van der Waals surface area contributed by atoms with Crippen LogP contribution in [-0.2, 0) is 5.41 Å². The summed E-state index contributed by atoms with van der Waals surface area (Å²) in [6.07, 6.45) is -4.28. The number of alkyl halides is 3. The Hall–Kier alpha value is -1.53. The van der Waals surface area contributed by atoms with E-state index < -0.39 is 12.7 Å². The van der Waals surface area contributed by atoms with Crippen molar-refractivity contribution in [3.05, 3.63) is 11.4 Å². The maximum Gasteiger partial charge on any atom is 0.405 e. The third-order valence-electron chi connectivity index (χ3n) is 2.51. The molecule has 2 N–H and O–H groups in total. The number of anilines is 2. The first-order valence-electron chi connectivity index (χ1n) is 5.92. The van der Waals surface area contributed by atoms with E-state index in [4.69, 9.17) is 0 Å². The summed E-state index contributed by atoms with van der Waals surface area (Å²) in [5, 5.41) is 5.20. The second-order valence-electron chi connectivity index (χ2n) is 5.34. The topological polar surface area (TPSA) is 49.8 Å². The summed E-state index contributed by atoms with van der Waals surface area (Å²) >= 11 is 0. The molecular weight excluding hydrogens is 257 g/mol. The zero-order valence-electron chi connectivity index (χ0n) is 11.7. The lowest BCUT2D eigenvalue weighted by molar-refractivity contribution is -0.115. The van der Waals surface area contributed by atoms with Crippen LogP contribution in [-0.4, -0.2) is 29.7 Å². The molecule has 108 valence electrons. The van der Waals surface area contributed by atoms with Crippen molar-refractivity contribution in [2.75, 3.05) is 24.2 Å². The van der Waals surface area contributed by atoms with E-state index in [0.29, 0.717) is 17.2 Å². The van der Waals surface area contributed by atoms with Gasteiger partial charge in [0.05, 0.1) is 0 Å². The molecular formula is C12H19F3N4. The minimum atomic E-state index is -4.28.